The standard InChI is InChI=1S/C10H16N2O2/c11-9-3-1-8(2-4-9)10(7-14)12-5-6-13/h1-4,10,12-14H,5-7,11H2. The molecule has 78 valence electrons. The third kappa shape index (κ3) is 2.99. The largest absolute Gasteiger partial charge is 0.399 e. The van der Waals surface area contributed by atoms with Gasteiger partial charge in [0.15, 0.2) is 0 Å². The summed E-state index contributed by atoms with van der Waals surface area (Å²) in [6, 6.07) is 7.17. The van der Waals surface area contributed by atoms with Crippen LogP contribution in [0.1, 0.15) is 11.6 Å². The SMILES string of the molecule is Nc1ccc(C(CO)NCCO)cc1. The quantitative estimate of drug-likeness (QED) is 0.495. The van der Waals surface area contributed by atoms with Crippen LogP contribution in [-0.2, 0) is 0 Å². The predicted octanol–water partition coefficient (Wildman–Crippen LogP) is -0.116. The first-order valence-corrected chi connectivity index (χ1v) is 4.58. The molecule has 0 bridgehead atoms. The van der Waals surface area contributed by atoms with Crippen molar-refractivity contribution in [3.63, 3.8) is 0 Å². The number of benzene rings is 1. The van der Waals surface area contributed by atoms with Crippen LogP contribution in [0.4, 0.5) is 5.69 Å². The summed E-state index contributed by atoms with van der Waals surface area (Å²) in [5.41, 5.74) is 7.21. The predicted molar refractivity (Wildman–Crippen MR) is 55.8 cm³/mol. The topological polar surface area (TPSA) is 78.5 Å². The van der Waals surface area contributed by atoms with E-state index < -0.39 is 0 Å². The lowest BCUT2D eigenvalue weighted by Crippen LogP contribution is -2.27. The summed E-state index contributed by atoms with van der Waals surface area (Å²) in [6.07, 6.45) is 0. The number of aliphatic hydroxyl groups is 2. The molecule has 4 nitrogen and oxygen atoms in total. The van der Waals surface area contributed by atoms with E-state index in [1.807, 2.05) is 12.1 Å². The van der Waals surface area contributed by atoms with Crippen LogP contribution in [-0.4, -0.2) is 30.0 Å². The van der Waals surface area contributed by atoms with Crippen molar-refractivity contribution < 1.29 is 10.2 Å². The minimum atomic E-state index is -0.136. The summed E-state index contributed by atoms with van der Waals surface area (Å²) in [5, 5.41) is 20.8. The lowest BCUT2D eigenvalue weighted by atomic mass is 10.1. The monoisotopic (exact) mass is 196 g/mol. The highest BCUT2D eigenvalue weighted by molar-refractivity contribution is 5.40. The summed E-state index contributed by atoms with van der Waals surface area (Å²) in [4.78, 5) is 0. The fraction of sp³-hybridized carbons (Fsp3) is 0.400. The van der Waals surface area contributed by atoms with Crippen molar-refractivity contribution in [1.29, 1.82) is 0 Å². The molecule has 4 heteroatoms. The number of aliphatic hydroxyl groups excluding tert-OH is 2. The molecule has 0 heterocycles. The molecule has 0 fully saturated rings. The van der Waals surface area contributed by atoms with Crippen molar-refractivity contribution in [2.24, 2.45) is 0 Å². The first kappa shape index (κ1) is 11.0. The summed E-state index contributed by atoms with van der Waals surface area (Å²) in [7, 11) is 0. The molecule has 0 aliphatic rings. The maximum absolute atomic E-state index is 9.10. The summed E-state index contributed by atoms with van der Waals surface area (Å²) in [5.74, 6) is 0. The Kier molecular flexibility index (Phi) is 4.39. The van der Waals surface area contributed by atoms with Crippen LogP contribution >= 0.6 is 0 Å². The fourth-order valence-corrected chi connectivity index (χ4v) is 1.25. The van der Waals surface area contributed by atoms with Crippen molar-refractivity contribution >= 4 is 5.69 Å². The number of nitrogens with one attached hydrogen (secondary N) is 1. The highest BCUT2D eigenvalue weighted by Gasteiger charge is 2.08. The average molecular weight is 196 g/mol. The average Bonchev–Trinajstić information content (AvgIpc) is 2.21. The van der Waals surface area contributed by atoms with Crippen LogP contribution < -0.4 is 11.1 Å². The van der Waals surface area contributed by atoms with E-state index in [0.29, 0.717) is 12.2 Å². The Morgan fingerprint density at radius 2 is 1.86 bits per heavy atom. The lowest BCUT2D eigenvalue weighted by Gasteiger charge is -2.15. The number of rotatable bonds is 5. The van der Waals surface area contributed by atoms with Gasteiger partial charge in [-0.3, -0.25) is 0 Å². The van der Waals surface area contributed by atoms with Crippen LogP contribution in [0.15, 0.2) is 24.3 Å². The van der Waals surface area contributed by atoms with Crippen molar-refractivity contribution in [2.45, 2.75) is 6.04 Å². The van der Waals surface area contributed by atoms with Crippen molar-refractivity contribution in [3.05, 3.63) is 29.8 Å². The second-order valence-electron chi connectivity index (χ2n) is 3.08. The molecule has 14 heavy (non-hydrogen) atoms. The number of anilines is 1. The van der Waals surface area contributed by atoms with Crippen molar-refractivity contribution in [3.8, 4) is 0 Å². The molecule has 0 saturated carbocycles. The Hall–Kier alpha value is -1.10. The molecule has 1 aromatic rings. The van der Waals surface area contributed by atoms with Gasteiger partial charge in [0.05, 0.1) is 19.3 Å². The molecule has 0 amide bonds. The number of nitrogens with two attached hydrogens (primary N) is 1. The molecule has 1 rings (SSSR count). The highest BCUT2D eigenvalue weighted by Crippen LogP contribution is 2.13. The van der Waals surface area contributed by atoms with Gasteiger partial charge in [-0.15, -0.1) is 0 Å². The molecule has 1 atom stereocenters. The van der Waals surface area contributed by atoms with E-state index in [1.165, 1.54) is 0 Å². The van der Waals surface area contributed by atoms with Gasteiger partial charge in [-0.05, 0) is 17.7 Å². The highest BCUT2D eigenvalue weighted by atomic mass is 16.3. The Morgan fingerprint density at radius 3 is 2.36 bits per heavy atom. The first-order valence-electron chi connectivity index (χ1n) is 4.58. The maximum atomic E-state index is 9.10. The minimum absolute atomic E-state index is 0.00389. The zero-order chi connectivity index (χ0) is 10.4. The van der Waals surface area contributed by atoms with Crippen molar-refractivity contribution in [1.82, 2.24) is 5.32 Å². The molecule has 5 N–H and O–H groups in total. The van der Waals surface area contributed by atoms with Gasteiger partial charge in [-0.2, -0.15) is 0 Å². The Morgan fingerprint density at radius 1 is 1.21 bits per heavy atom. The summed E-state index contributed by atoms with van der Waals surface area (Å²) in [6.45, 7) is 0.533. The van der Waals surface area contributed by atoms with Crippen LogP contribution in [0.5, 0.6) is 0 Å². The van der Waals surface area contributed by atoms with Gasteiger partial charge >= 0.3 is 0 Å². The van der Waals surface area contributed by atoms with Gasteiger partial charge in [0.1, 0.15) is 0 Å². The molecule has 0 radical (unpaired) electrons. The van der Waals surface area contributed by atoms with Gasteiger partial charge in [-0.1, -0.05) is 12.1 Å². The molecule has 1 aromatic carbocycles. The molecular weight excluding hydrogens is 180 g/mol. The molecule has 0 aliphatic heterocycles. The summed E-state index contributed by atoms with van der Waals surface area (Å²) >= 11 is 0. The first-order chi connectivity index (χ1) is 6.77. The van der Waals surface area contributed by atoms with Gasteiger partial charge in [0.2, 0.25) is 0 Å². The second-order valence-corrected chi connectivity index (χ2v) is 3.08. The molecule has 0 saturated heterocycles. The van der Waals surface area contributed by atoms with E-state index in [-0.39, 0.29) is 19.3 Å². The van der Waals surface area contributed by atoms with Gasteiger partial charge in [0, 0.05) is 12.2 Å². The molecule has 0 spiro atoms. The van der Waals surface area contributed by atoms with Gasteiger partial charge < -0.3 is 21.3 Å². The molecule has 1 unspecified atom stereocenters. The van der Waals surface area contributed by atoms with E-state index in [0.717, 1.165) is 5.56 Å². The summed E-state index contributed by atoms with van der Waals surface area (Å²) < 4.78 is 0. The third-order valence-corrected chi connectivity index (χ3v) is 2.02. The van der Waals surface area contributed by atoms with E-state index in [2.05, 4.69) is 5.32 Å². The van der Waals surface area contributed by atoms with E-state index in [9.17, 15) is 0 Å². The zero-order valence-electron chi connectivity index (χ0n) is 7.98. The third-order valence-electron chi connectivity index (χ3n) is 2.02. The molecule has 0 aliphatic carbocycles. The van der Waals surface area contributed by atoms with E-state index >= 15 is 0 Å². The number of hydrogen-bond donors (Lipinski definition) is 4. The normalized spacial score (nSPS) is 12.7. The van der Waals surface area contributed by atoms with E-state index in [4.69, 9.17) is 15.9 Å². The van der Waals surface area contributed by atoms with E-state index in [1.54, 1.807) is 12.1 Å². The Balaban J connectivity index is 2.64. The fourth-order valence-electron chi connectivity index (χ4n) is 1.25. The number of hydrogen-bond acceptors (Lipinski definition) is 4. The van der Waals surface area contributed by atoms with Crippen LogP contribution in [0.25, 0.3) is 0 Å². The zero-order valence-corrected chi connectivity index (χ0v) is 7.98. The maximum Gasteiger partial charge on any atom is 0.0626 e. The lowest BCUT2D eigenvalue weighted by molar-refractivity contribution is 0.227. The minimum Gasteiger partial charge on any atom is -0.399 e. The van der Waals surface area contributed by atoms with Crippen LogP contribution in [0, 0.1) is 0 Å². The Labute approximate surface area is 83.4 Å². The van der Waals surface area contributed by atoms with Crippen LogP contribution in [0.3, 0.4) is 0 Å². The molecule has 0 aromatic heterocycles. The molecular formula is C10H16N2O2. The second kappa shape index (κ2) is 5.59. The smallest absolute Gasteiger partial charge is 0.0626 e. The van der Waals surface area contributed by atoms with Crippen LogP contribution in [0.2, 0.25) is 0 Å². The van der Waals surface area contributed by atoms with Gasteiger partial charge in [-0.25, -0.2) is 0 Å². The van der Waals surface area contributed by atoms with Crippen molar-refractivity contribution in [2.75, 3.05) is 25.5 Å². The number of nitrogen functional groups attached to an aromatic ring is 1. The van der Waals surface area contributed by atoms with Gasteiger partial charge in [0.25, 0.3) is 0 Å². The Bertz CT molecular complexity index is 261.